The van der Waals surface area contributed by atoms with E-state index in [2.05, 4.69) is 0 Å². The Bertz CT molecular complexity index is 1130. The molecule has 4 heteroatoms. The summed E-state index contributed by atoms with van der Waals surface area (Å²) in [4.78, 5) is 28.3. The summed E-state index contributed by atoms with van der Waals surface area (Å²) in [5.41, 5.74) is 3.85. The summed E-state index contributed by atoms with van der Waals surface area (Å²) in [5.74, 6) is -0.647. The molecule has 1 unspecified atom stereocenters. The van der Waals surface area contributed by atoms with Crippen LogP contribution in [0.25, 0.3) is 0 Å². The maximum absolute atomic E-state index is 13.4. The third kappa shape index (κ3) is 3.79. The van der Waals surface area contributed by atoms with Crippen LogP contribution in [0.15, 0.2) is 66.7 Å². The number of anilines is 1. The van der Waals surface area contributed by atoms with Crippen LogP contribution in [-0.2, 0) is 16.8 Å². The summed E-state index contributed by atoms with van der Waals surface area (Å²) in [6, 6.07) is 21.1. The minimum atomic E-state index is -1.85. The maximum atomic E-state index is 13.4. The number of nitrogens with zero attached hydrogens (tertiary/aromatic N) is 1. The number of Topliss-reactive ketones (excluding diaryl/α,β-unsaturated/α-hetero) is 1. The van der Waals surface area contributed by atoms with E-state index in [1.54, 1.807) is 17.0 Å². The Morgan fingerprint density at radius 3 is 2.23 bits per heavy atom. The first-order chi connectivity index (χ1) is 14.8. The van der Waals surface area contributed by atoms with E-state index < -0.39 is 11.5 Å². The van der Waals surface area contributed by atoms with Crippen molar-refractivity contribution in [2.75, 3.05) is 11.4 Å². The molecule has 3 aromatic rings. The van der Waals surface area contributed by atoms with Gasteiger partial charge in [-0.15, -0.1) is 0 Å². The van der Waals surface area contributed by atoms with Crippen molar-refractivity contribution in [1.82, 2.24) is 0 Å². The van der Waals surface area contributed by atoms with E-state index in [-0.39, 0.29) is 12.2 Å². The zero-order valence-corrected chi connectivity index (χ0v) is 18.2. The molecule has 0 saturated heterocycles. The third-order valence-electron chi connectivity index (χ3n) is 6.08. The van der Waals surface area contributed by atoms with Gasteiger partial charge in [0, 0.05) is 17.7 Å². The number of benzene rings is 3. The fraction of sp³-hybridized carbons (Fsp3) is 0.259. The van der Waals surface area contributed by atoms with Gasteiger partial charge in [0.15, 0.2) is 11.4 Å². The van der Waals surface area contributed by atoms with Crippen molar-refractivity contribution >= 4 is 17.4 Å². The van der Waals surface area contributed by atoms with Gasteiger partial charge in [0.2, 0.25) is 0 Å². The van der Waals surface area contributed by atoms with E-state index in [0.717, 1.165) is 22.3 Å². The second-order valence-electron chi connectivity index (χ2n) is 8.44. The van der Waals surface area contributed by atoms with Crippen LogP contribution in [0.2, 0.25) is 0 Å². The van der Waals surface area contributed by atoms with Crippen LogP contribution in [0, 0.1) is 20.8 Å². The molecule has 1 heterocycles. The lowest BCUT2D eigenvalue weighted by Crippen LogP contribution is -2.42. The van der Waals surface area contributed by atoms with Crippen LogP contribution < -0.4 is 4.90 Å². The van der Waals surface area contributed by atoms with E-state index in [4.69, 9.17) is 0 Å². The lowest BCUT2D eigenvalue weighted by Gasteiger charge is -2.23. The van der Waals surface area contributed by atoms with E-state index in [9.17, 15) is 14.7 Å². The summed E-state index contributed by atoms with van der Waals surface area (Å²) < 4.78 is 0. The van der Waals surface area contributed by atoms with Crippen LogP contribution in [0.5, 0.6) is 0 Å². The average molecular weight is 414 g/mol. The number of amides is 1. The summed E-state index contributed by atoms with van der Waals surface area (Å²) in [7, 11) is 0. The SMILES string of the molecule is Cc1cc(C)c(C(=O)CC2(O)C(=O)N(CCc3ccccc3)c3ccccc32)c(C)c1. The Morgan fingerprint density at radius 1 is 0.935 bits per heavy atom. The van der Waals surface area contributed by atoms with Crippen molar-refractivity contribution in [3.8, 4) is 0 Å². The highest BCUT2D eigenvalue weighted by atomic mass is 16.3. The van der Waals surface area contributed by atoms with Gasteiger partial charge < -0.3 is 10.0 Å². The number of ketones is 1. The van der Waals surface area contributed by atoms with E-state index in [0.29, 0.717) is 29.8 Å². The number of hydrogen-bond acceptors (Lipinski definition) is 3. The monoisotopic (exact) mass is 413 g/mol. The van der Waals surface area contributed by atoms with E-state index in [1.165, 1.54) is 0 Å². The average Bonchev–Trinajstić information content (AvgIpc) is 2.93. The molecule has 0 aliphatic carbocycles. The Labute approximate surface area is 183 Å². The number of aliphatic hydroxyl groups is 1. The molecular formula is C27H27NO3. The van der Waals surface area contributed by atoms with Gasteiger partial charge in [0.25, 0.3) is 5.91 Å². The van der Waals surface area contributed by atoms with Crippen molar-refractivity contribution in [3.63, 3.8) is 0 Å². The molecule has 4 nitrogen and oxygen atoms in total. The minimum Gasteiger partial charge on any atom is -0.375 e. The van der Waals surface area contributed by atoms with Gasteiger partial charge in [-0.2, -0.15) is 0 Å². The number of fused-ring (bicyclic) bond motifs is 1. The number of rotatable bonds is 6. The molecule has 0 aromatic heterocycles. The van der Waals surface area contributed by atoms with E-state index in [1.807, 2.05) is 75.4 Å². The normalized spacial score (nSPS) is 17.7. The molecular weight excluding hydrogens is 386 g/mol. The Morgan fingerprint density at radius 2 is 1.55 bits per heavy atom. The first kappa shape index (κ1) is 21.0. The molecule has 1 amide bonds. The fourth-order valence-electron chi connectivity index (χ4n) is 4.73. The second kappa shape index (κ2) is 8.12. The molecule has 31 heavy (non-hydrogen) atoms. The first-order valence-electron chi connectivity index (χ1n) is 10.6. The molecule has 4 rings (SSSR count). The van der Waals surface area contributed by atoms with E-state index >= 15 is 0 Å². The standard InChI is InChI=1S/C27H27NO3/c1-18-15-19(2)25(20(3)16-18)24(29)17-27(31)22-11-7-8-12-23(22)28(26(27)30)14-13-21-9-5-4-6-10-21/h4-12,15-16,31H,13-14,17H2,1-3H3. The zero-order valence-electron chi connectivity index (χ0n) is 18.2. The molecule has 3 aromatic carbocycles. The topological polar surface area (TPSA) is 57.6 Å². The Hall–Kier alpha value is -3.24. The minimum absolute atomic E-state index is 0.217. The molecule has 1 aliphatic heterocycles. The van der Waals surface area contributed by atoms with Gasteiger partial charge >= 0.3 is 0 Å². The summed E-state index contributed by atoms with van der Waals surface area (Å²) in [6.07, 6.45) is 0.399. The van der Waals surface area contributed by atoms with Gasteiger partial charge in [0.1, 0.15) is 0 Å². The zero-order chi connectivity index (χ0) is 22.2. The number of carbonyl (C=O) groups excluding carboxylic acids is 2. The highest BCUT2D eigenvalue weighted by Gasteiger charge is 2.50. The van der Waals surface area contributed by atoms with Gasteiger partial charge in [-0.25, -0.2) is 0 Å². The Kier molecular flexibility index (Phi) is 5.50. The molecule has 1 atom stereocenters. The number of aryl methyl sites for hydroxylation is 3. The van der Waals surface area contributed by atoms with Crippen molar-refractivity contribution < 1.29 is 14.7 Å². The van der Waals surface area contributed by atoms with Crippen molar-refractivity contribution in [1.29, 1.82) is 0 Å². The van der Waals surface area contributed by atoms with Crippen LogP contribution in [0.3, 0.4) is 0 Å². The summed E-state index contributed by atoms with van der Waals surface area (Å²) in [5, 5.41) is 11.5. The lowest BCUT2D eigenvalue weighted by atomic mass is 9.85. The van der Waals surface area contributed by atoms with Gasteiger partial charge in [-0.1, -0.05) is 66.2 Å². The molecule has 0 saturated carbocycles. The van der Waals surface area contributed by atoms with Crippen LogP contribution in [0.1, 0.15) is 44.6 Å². The maximum Gasteiger partial charge on any atom is 0.264 e. The predicted molar refractivity (Wildman–Crippen MR) is 122 cm³/mol. The smallest absolute Gasteiger partial charge is 0.264 e. The lowest BCUT2D eigenvalue weighted by molar-refractivity contribution is -0.135. The third-order valence-corrected chi connectivity index (χ3v) is 6.08. The predicted octanol–water partition coefficient (Wildman–Crippen LogP) is 4.66. The molecule has 1 aliphatic rings. The number of para-hydroxylation sites is 1. The highest BCUT2D eigenvalue weighted by molar-refractivity contribution is 6.11. The molecule has 0 bridgehead atoms. The molecule has 0 spiro atoms. The quantitative estimate of drug-likeness (QED) is 0.598. The van der Waals surface area contributed by atoms with Gasteiger partial charge in [-0.3, -0.25) is 9.59 Å². The van der Waals surface area contributed by atoms with Crippen molar-refractivity contribution in [2.45, 2.75) is 39.2 Å². The Balaban J connectivity index is 1.65. The van der Waals surface area contributed by atoms with Crippen LogP contribution in [0.4, 0.5) is 5.69 Å². The highest BCUT2D eigenvalue weighted by Crippen LogP contribution is 2.43. The molecule has 0 radical (unpaired) electrons. The number of carbonyl (C=O) groups is 2. The van der Waals surface area contributed by atoms with Crippen molar-refractivity contribution in [2.24, 2.45) is 0 Å². The van der Waals surface area contributed by atoms with Gasteiger partial charge in [-0.05, 0) is 49.9 Å². The van der Waals surface area contributed by atoms with Crippen molar-refractivity contribution in [3.05, 3.63) is 100 Å². The van der Waals surface area contributed by atoms with Crippen LogP contribution >= 0.6 is 0 Å². The molecule has 1 N–H and O–H groups in total. The fourth-order valence-corrected chi connectivity index (χ4v) is 4.73. The first-order valence-corrected chi connectivity index (χ1v) is 10.6. The number of hydrogen-bond donors (Lipinski definition) is 1. The molecule has 0 fully saturated rings. The van der Waals surface area contributed by atoms with Gasteiger partial charge in [0.05, 0.1) is 12.1 Å². The summed E-state index contributed by atoms with van der Waals surface area (Å²) in [6.45, 7) is 6.23. The second-order valence-corrected chi connectivity index (χ2v) is 8.44. The largest absolute Gasteiger partial charge is 0.375 e. The molecule has 158 valence electrons. The van der Waals surface area contributed by atoms with Crippen LogP contribution in [-0.4, -0.2) is 23.3 Å². The summed E-state index contributed by atoms with van der Waals surface area (Å²) >= 11 is 0.